The Morgan fingerprint density at radius 3 is 2.75 bits per heavy atom. The van der Waals surface area contributed by atoms with Gasteiger partial charge < -0.3 is 18.1 Å². The van der Waals surface area contributed by atoms with E-state index in [2.05, 4.69) is 31.8 Å². The second kappa shape index (κ2) is 8.89. The molecule has 20 heavy (non-hydrogen) atoms. The maximum atomic E-state index is 6.05. The van der Waals surface area contributed by atoms with Crippen molar-refractivity contribution in [3.8, 4) is 0 Å². The van der Waals surface area contributed by atoms with Crippen LogP contribution < -0.4 is 4.72 Å². The Morgan fingerprint density at radius 2 is 2.15 bits per heavy atom. The van der Waals surface area contributed by atoms with Crippen molar-refractivity contribution in [2.75, 3.05) is 47.0 Å². The number of quaternary nitrogens is 1. The van der Waals surface area contributed by atoms with E-state index in [0.717, 1.165) is 29.9 Å². The first-order valence-corrected chi connectivity index (χ1v) is 8.01. The molecule has 5 nitrogen and oxygen atoms in total. The van der Waals surface area contributed by atoms with E-state index in [1.165, 1.54) is 12.2 Å². The van der Waals surface area contributed by atoms with Gasteiger partial charge in [0.25, 0.3) is 0 Å². The molecule has 6 heteroatoms. The van der Waals surface area contributed by atoms with Crippen LogP contribution in [0.15, 0.2) is 11.8 Å². The lowest BCUT2D eigenvalue weighted by Gasteiger charge is -2.35. The van der Waals surface area contributed by atoms with Crippen LogP contribution >= 0.6 is 12.2 Å². The Bertz CT molecular complexity index is 311. The predicted molar refractivity (Wildman–Crippen MR) is 83.1 cm³/mol. The molecule has 0 aromatic carbocycles. The summed E-state index contributed by atoms with van der Waals surface area (Å²) < 4.78 is 21.0. The van der Waals surface area contributed by atoms with E-state index >= 15 is 0 Å². The lowest BCUT2D eigenvalue weighted by Crippen LogP contribution is -2.52. The maximum absolute atomic E-state index is 6.05. The van der Waals surface area contributed by atoms with Crippen molar-refractivity contribution in [1.82, 2.24) is 4.72 Å². The van der Waals surface area contributed by atoms with Crippen LogP contribution in [0.5, 0.6) is 0 Å². The van der Waals surface area contributed by atoms with E-state index in [1.807, 2.05) is 13.8 Å². The predicted octanol–water partition coefficient (Wildman–Crippen LogP) is 1.96. The monoisotopic (exact) mass is 305 g/mol. The molecule has 0 radical (unpaired) electrons. The molecule has 1 rings (SSSR count). The number of hydrogen-bond acceptors (Lipinski definition) is 5. The van der Waals surface area contributed by atoms with E-state index in [0.29, 0.717) is 13.2 Å². The molecule has 0 fully saturated rings. The molecule has 2 unspecified atom stereocenters. The third-order valence-corrected chi connectivity index (χ3v) is 4.18. The molecule has 0 aromatic heterocycles. The summed E-state index contributed by atoms with van der Waals surface area (Å²) in [5.41, 5.74) is 0. The topological polar surface area (TPSA) is 39.7 Å². The van der Waals surface area contributed by atoms with E-state index in [1.54, 1.807) is 0 Å². The quantitative estimate of drug-likeness (QED) is 0.305. The molecule has 1 aliphatic heterocycles. The molecular formula is C14H29N2O3S+. The lowest BCUT2D eigenvalue weighted by molar-refractivity contribution is -0.891. The zero-order valence-corrected chi connectivity index (χ0v) is 14.2. The second-order valence-corrected chi connectivity index (χ2v) is 6.20. The molecule has 118 valence electrons. The number of likely N-dealkylation sites (N-methyl/N-ethyl adjacent to an activating group) is 1. The van der Waals surface area contributed by atoms with Gasteiger partial charge in [0, 0.05) is 6.61 Å². The van der Waals surface area contributed by atoms with Gasteiger partial charge in [-0.2, -0.15) is 0 Å². The number of nitrogens with one attached hydrogen (secondary N) is 1. The SMILES string of the molecule is CCOCCOC(C[N+](C)(C)CC)C1C=C(C)OSN1. The van der Waals surface area contributed by atoms with Crippen molar-refractivity contribution < 1.29 is 18.1 Å². The van der Waals surface area contributed by atoms with Gasteiger partial charge in [-0.25, -0.2) is 4.72 Å². The molecule has 1 N–H and O–H groups in total. The standard InChI is InChI=1S/C14H29N2O3S/c1-6-16(4,5)11-14(18-9-8-17-7-2)13-10-12(3)19-20-15-13/h10,13-15H,6-9,11H2,1-5H3/q+1. The zero-order chi connectivity index (χ0) is 15.0. The summed E-state index contributed by atoms with van der Waals surface area (Å²) in [4.78, 5) is 0. The molecular weight excluding hydrogens is 276 g/mol. The van der Waals surface area contributed by atoms with Crippen molar-refractivity contribution in [3.63, 3.8) is 0 Å². The first-order valence-electron chi connectivity index (χ1n) is 7.27. The Labute approximate surface area is 127 Å². The van der Waals surface area contributed by atoms with Gasteiger partial charge in [0.2, 0.25) is 0 Å². The molecule has 1 aliphatic rings. The van der Waals surface area contributed by atoms with E-state index < -0.39 is 0 Å². The van der Waals surface area contributed by atoms with Crippen LogP contribution in [-0.2, 0) is 13.7 Å². The number of nitrogens with zero attached hydrogens (tertiary/aromatic N) is 1. The van der Waals surface area contributed by atoms with Gasteiger partial charge in [0.15, 0.2) is 0 Å². The molecule has 0 saturated carbocycles. The Balaban J connectivity index is 2.60. The van der Waals surface area contributed by atoms with Crippen molar-refractivity contribution in [3.05, 3.63) is 11.8 Å². The van der Waals surface area contributed by atoms with Crippen molar-refractivity contribution in [1.29, 1.82) is 0 Å². The molecule has 0 aromatic rings. The fourth-order valence-corrected chi connectivity index (χ4v) is 2.50. The second-order valence-electron chi connectivity index (χ2n) is 5.63. The molecule has 0 aliphatic carbocycles. The summed E-state index contributed by atoms with van der Waals surface area (Å²) in [5.74, 6) is 0.930. The molecule has 2 atom stereocenters. The first kappa shape index (κ1) is 17.8. The largest absolute Gasteiger partial charge is 0.415 e. The fraction of sp³-hybridized carbons (Fsp3) is 0.857. The highest BCUT2D eigenvalue weighted by molar-refractivity contribution is 7.92. The van der Waals surface area contributed by atoms with Crippen molar-refractivity contribution >= 4 is 12.2 Å². The number of ether oxygens (including phenoxy) is 2. The zero-order valence-electron chi connectivity index (χ0n) is 13.3. The average molecular weight is 305 g/mol. The number of allylic oxidation sites excluding steroid dienone is 1. The summed E-state index contributed by atoms with van der Waals surface area (Å²) in [6.07, 6.45) is 2.20. The van der Waals surface area contributed by atoms with Gasteiger partial charge in [0.1, 0.15) is 30.6 Å². The molecule has 0 spiro atoms. The Morgan fingerprint density at radius 1 is 1.40 bits per heavy atom. The highest BCUT2D eigenvalue weighted by Crippen LogP contribution is 2.20. The smallest absolute Gasteiger partial charge is 0.143 e. The van der Waals surface area contributed by atoms with Crippen LogP contribution in [0, 0.1) is 0 Å². The molecule has 0 amide bonds. The van der Waals surface area contributed by atoms with Crippen LogP contribution in [-0.4, -0.2) is 63.6 Å². The highest BCUT2D eigenvalue weighted by atomic mass is 32.2. The van der Waals surface area contributed by atoms with Gasteiger partial charge in [0.05, 0.1) is 39.9 Å². The number of rotatable bonds is 9. The van der Waals surface area contributed by atoms with Crippen molar-refractivity contribution in [2.45, 2.75) is 32.9 Å². The minimum Gasteiger partial charge on any atom is -0.415 e. The molecule has 1 heterocycles. The maximum Gasteiger partial charge on any atom is 0.143 e. The average Bonchev–Trinajstić information content (AvgIpc) is 2.42. The molecule has 0 bridgehead atoms. The third-order valence-electron chi connectivity index (χ3n) is 3.47. The Hall–Kier alpha value is -0.270. The van der Waals surface area contributed by atoms with Gasteiger partial charge in [-0.3, -0.25) is 0 Å². The fourth-order valence-electron chi connectivity index (χ4n) is 1.93. The van der Waals surface area contributed by atoms with Crippen LogP contribution in [0.2, 0.25) is 0 Å². The number of hydrogen-bond donors (Lipinski definition) is 1. The summed E-state index contributed by atoms with van der Waals surface area (Å²) in [6, 6.07) is 0.166. The van der Waals surface area contributed by atoms with Crippen LogP contribution in [0.1, 0.15) is 20.8 Å². The summed E-state index contributed by atoms with van der Waals surface area (Å²) >= 11 is 1.28. The first-order chi connectivity index (χ1) is 9.48. The van der Waals surface area contributed by atoms with Gasteiger partial charge in [-0.05, 0) is 26.8 Å². The third kappa shape index (κ3) is 6.45. The van der Waals surface area contributed by atoms with Gasteiger partial charge in [-0.1, -0.05) is 0 Å². The van der Waals surface area contributed by atoms with Crippen LogP contribution in [0.3, 0.4) is 0 Å². The van der Waals surface area contributed by atoms with Crippen molar-refractivity contribution in [2.24, 2.45) is 0 Å². The summed E-state index contributed by atoms with van der Waals surface area (Å²) in [7, 11) is 4.45. The normalized spacial score (nSPS) is 21.2. The summed E-state index contributed by atoms with van der Waals surface area (Å²) in [6.45, 7) is 10.2. The van der Waals surface area contributed by atoms with Crippen LogP contribution in [0.25, 0.3) is 0 Å². The van der Waals surface area contributed by atoms with Gasteiger partial charge in [-0.15, -0.1) is 0 Å². The Kier molecular flexibility index (Phi) is 7.91. The molecule has 0 saturated heterocycles. The van der Waals surface area contributed by atoms with E-state index in [-0.39, 0.29) is 12.1 Å². The minimum absolute atomic E-state index is 0.108. The van der Waals surface area contributed by atoms with Gasteiger partial charge >= 0.3 is 0 Å². The highest BCUT2D eigenvalue weighted by Gasteiger charge is 2.30. The van der Waals surface area contributed by atoms with Crippen LogP contribution in [0.4, 0.5) is 0 Å². The van der Waals surface area contributed by atoms with E-state index in [4.69, 9.17) is 13.7 Å². The van der Waals surface area contributed by atoms with E-state index in [9.17, 15) is 0 Å². The lowest BCUT2D eigenvalue weighted by atomic mass is 10.1. The minimum atomic E-state index is 0.108. The summed E-state index contributed by atoms with van der Waals surface area (Å²) in [5, 5.41) is 0.